The van der Waals surface area contributed by atoms with Gasteiger partial charge in [-0.15, -0.1) is 0 Å². The highest BCUT2D eigenvalue weighted by Crippen LogP contribution is 2.23. The maximum Gasteiger partial charge on any atom is 0.148 e. The first-order valence-corrected chi connectivity index (χ1v) is 6.07. The van der Waals surface area contributed by atoms with Crippen LogP contribution in [0, 0.1) is 11.8 Å². The topological polar surface area (TPSA) is 29.5 Å². The first-order chi connectivity index (χ1) is 9.12. The minimum Gasteiger partial charge on any atom is -0.497 e. The monoisotopic (exact) mass is 252 g/mol. The summed E-state index contributed by atoms with van der Waals surface area (Å²) in [6, 6.07) is 16.9. The van der Waals surface area contributed by atoms with E-state index in [0.717, 1.165) is 11.1 Å². The molecular formula is C17H16O2. The van der Waals surface area contributed by atoms with Crippen molar-refractivity contribution in [1.82, 2.24) is 0 Å². The highest BCUT2D eigenvalue weighted by molar-refractivity contribution is 5.41. The van der Waals surface area contributed by atoms with Gasteiger partial charge in [0.25, 0.3) is 0 Å². The van der Waals surface area contributed by atoms with Crippen LogP contribution in [0.25, 0.3) is 0 Å². The highest BCUT2D eigenvalue weighted by atomic mass is 16.5. The number of aliphatic hydroxyl groups is 1. The van der Waals surface area contributed by atoms with Crippen LogP contribution in [-0.2, 0) is 5.60 Å². The third kappa shape index (κ3) is 3.37. The summed E-state index contributed by atoms with van der Waals surface area (Å²) in [5.41, 5.74) is 0.394. The van der Waals surface area contributed by atoms with E-state index in [-0.39, 0.29) is 0 Å². The maximum absolute atomic E-state index is 10.4. The van der Waals surface area contributed by atoms with Crippen molar-refractivity contribution in [2.75, 3.05) is 7.11 Å². The van der Waals surface area contributed by atoms with E-state index in [4.69, 9.17) is 4.74 Å². The summed E-state index contributed by atoms with van der Waals surface area (Å²) in [4.78, 5) is 0. The lowest BCUT2D eigenvalue weighted by atomic mass is 9.96. The van der Waals surface area contributed by atoms with Crippen LogP contribution in [-0.4, -0.2) is 12.2 Å². The Labute approximate surface area is 113 Å². The van der Waals surface area contributed by atoms with Gasteiger partial charge >= 0.3 is 0 Å². The Bertz CT molecular complexity index is 604. The molecule has 0 aromatic heterocycles. The number of rotatable bonds is 2. The molecule has 0 aliphatic heterocycles. The molecule has 0 heterocycles. The minimum atomic E-state index is -1.20. The van der Waals surface area contributed by atoms with E-state index in [1.807, 2.05) is 48.5 Å². The lowest BCUT2D eigenvalue weighted by molar-refractivity contribution is 0.122. The summed E-state index contributed by atoms with van der Waals surface area (Å²) in [6.07, 6.45) is 0. The van der Waals surface area contributed by atoms with Crippen molar-refractivity contribution in [2.24, 2.45) is 0 Å². The van der Waals surface area contributed by atoms with Gasteiger partial charge in [-0.05, 0) is 36.8 Å². The Balaban J connectivity index is 2.30. The smallest absolute Gasteiger partial charge is 0.148 e. The molecular weight excluding hydrogens is 236 g/mol. The second-order valence-corrected chi connectivity index (χ2v) is 4.42. The van der Waals surface area contributed by atoms with E-state index >= 15 is 0 Å². The summed E-state index contributed by atoms with van der Waals surface area (Å²) < 4.78 is 5.15. The van der Waals surface area contributed by atoms with Gasteiger partial charge in [-0.2, -0.15) is 0 Å². The van der Waals surface area contributed by atoms with Crippen molar-refractivity contribution in [2.45, 2.75) is 12.5 Å². The minimum absolute atomic E-state index is 0.708. The van der Waals surface area contributed by atoms with Gasteiger partial charge in [-0.1, -0.05) is 42.2 Å². The van der Waals surface area contributed by atoms with Crippen molar-refractivity contribution in [3.8, 4) is 17.6 Å². The van der Waals surface area contributed by atoms with E-state index in [2.05, 4.69) is 11.8 Å². The average molecular weight is 252 g/mol. The van der Waals surface area contributed by atoms with Gasteiger partial charge in [0, 0.05) is 5.56 Å². The molecule has 0 saturated heterocycles. The van der Waals surface area contributed by atoms with Gasteiger partial charge in [0.2, 0.25) is 0 Å². The quantitative estimate of drug-likeness (QED) is 0.833. The van der Waals surface area contributed by atoms with Crippen LogP contribution in [0.15, 0.2) is 54.6 Å². The number of hydrogen-bond donors (Lipinski definition) is 1. The molecule has 0 aliphatic carbocycles. The summed E-state index contributed by atoms with van der Waals surface area (Å²) >= 11 is 0. The molecule has 2 nitrogen and oxygen atoms in total. The Morgan fingerprint density at radius 1 is 1.05 bits per heavy atom. The molecule has 2 aromatic carbocycles. The molecule has 0 spiro atoms. The largest absolute Gasteiger partial charge is 0.497 e. The first-order valence-electron chi connectivity index (χ1n) is 6.07. The van der Waals surface area contributed by atoms with Crippen molar-refractivity contribution in [3.63, 3.8) is 0 Å². The molecule has 0 saturated carbocycles. The van der Waals surface area contributed by atoms with Crippen molar-refractivity contribution < 1.29 is 9.84 Å². The molecule has 1 atom stereocenters. The first kappa shape index (κ1) is 13.2. The lowest BCUT2D eigenvalue weighted by Crippen LogP contribution is -2.18. The predicted octanol–water partition coefficient (Wildman–Crippen LogP) is 2.95. The molecule has 0 bridgehead atoms. The number of benzene rings is 2. The summed E-state index contributed by atoms with van der Waals surface area (Å²) in [6.45, 7) is 1.68. The van der Waals surface area contributed by atoms with Gasteiger partial charge < -0.3 is 9.84 Å². The van der Waals surface area contributed by atoms with Crippen LogP contribution in [0.4, 0.5) is 0 Å². The Kier molecular flexibility index (Phi) is 3.89. The predicted molar refractivity (Wildman–Crippen MR) is 75.9 cm³/mol. The van der Waals surface area contributed by atoms with Crippen molar-refractivity contribution in [3.05, 3.63) is 65.7 Å². The summed E-state index contributed by atoms with van der Waals surface area (Å²) in [5.74, 6) is 6.58. The number of hydrogen-bond acceptors (Lipinski definition) is 2. The Morgan fingerprint density at radius 3 is 2.47 bits per heavy atom. The normalized spacial score (nSPS) is 13.0. The van der Waals surface area contributed by atoms with Gasteiger partial charge in [0.05, 0.1) is 7.11 Å². The van der Waals surface area contributed by atoms with E-state index in [0.29, 0.717) is 5.75 Å². The van der Waals surface area contributed by atoms with E-state index in [1.54, 1.807) is 20.1 Å². The molecule has 1 unspecified atom stereocenters. The molecule has 1 N–H and O–H groups in total. The molecule has 2 aromatic rings. The summed E-state index contributed by atoms with van der Waals surface area (Å²) in [7, 11) is 1.60. The van der Waals surface area contributed by atoms with Crippen LogP contribution in [0.5, 0.6) is 5.75 Å². The fourth-order valence-electron chi connectivity index (χ4n) is 1.71. The van der Waals surface area contributed by atoms with Crippen LogP contribution in [0.2, 0.25) is 0 Å². The van der Waals surface area contributed by atoms with Crippen LogP contribution >= 0.6 is 0 Å². The van der Waals surface area contributed by atoms with E-state index < -0.39 is 5.60 Å². The van der Waals surface area contributed by atoms with Gasteiger partial charge in [0.15, 0.2) is 0 Å². The molecule has 19 heavy (non-hydrogen) atoms. The Morgan fingerprint density at radius 2 is 1.79 bits per heavy atom. The molecule has 2 rings (SSSR count). The molecule has 96 valence electrons. The number of methoxy groups -OCH3 is 1. The zero-order valence-electron chi connectivity index (χ0n) is 11.1. The molecule has 0 radical (unpaired) electrons. The highest BCUT2D eigenvalue weighted by Gasteiger charge is 2.20. The molecule has 0 aliphatic rings. The maximum atomic E-state index is 10.4. The van der Waals surface area contributed by atoms with Crippen LogP contribution in [0.1, 0.15) is 18.1 Å². The van der Waals surface area contributed by atoms with E-state index in [1.165, 1.54) is 0 Å². The second kappa shape index (κ2) is 5.60. The fraction of sp³-hybridized carbons (Fsp3) is 0.176. The zero-order valence-corrected chi connectivity index (χ0v) is 11.1. The van der Waals surface area contributed by atoms with E-state index in [9.17, 15) is 5.11 Å². The van der Waals surface area contributed by atoms with Crippen LogP contribution in [0.3, 0.4) is 0 Å². The third-order valence-electron chi connectivity index (χ3n) is 2.86. The number of ether oxygens (including phenoxy) is 1. The Hall–Kier alpha value is -2.24. The van der Waals surface area contributed by atoms with Gasteiger partial charge in [-0.25, -0.2) is 0 Å². The average Bonchev–Trinajstić information content (AvgIpc) is 2.46. The van der Waals surface area contributed by atoms with Crippen LogP contribution < -0.4 is 4.74 Å². The van der Waals surface area contributed by atoms with Gasteiger partial charge in [0.1, 0.15) is 11.4 Å². The van der Waals surface area contributed by atoms with Gasteiger partial charge in [-0.3, -0.25) is 0 Å². The SMILES string of the molecule is COc1cccc(C(C)(O)C#Cc2ccccc2)c1. The summed E-state index contributed by atoms with van der Waals surface area (Å²) in [5, 5.41) is 10.4. The van der Waals surface area contributed by atoms with Crippen molar-refractivity contribution in [1.29, 1.82) is 0 Å². The second-order valence-electron chi connectivity index (χ2n) is 4.42. The lowest BCUT2D eigenvalue weighted by Gasteiger charge is -2.17. The zero-order chi connectivity index (χ0) is 13.7. The molecule has 0 fully saturated rings. The van der Waals surface area contributed by atoms with Crippen molar-refractivity contribution >= 4 is 0 Å². The molecule has 2 heteroatoms. The molecule has 0 amide bonds. The fourth-order valence-corrected chi connectivity index (χ4v) is 1.71. The third-order valence-corrected chi connectivity index (χ3v) is 2.86. The standard InChI is InChI=1S/C17H16O2/c1-17(18,12-11-14-7-4-3-5-8-14)15-9-6-10-16(13-15)19-2/h3-10,13,18H,1-2H3.